The van der Waals surface area contributed by atoms with Crippen LogP contribution >= 0.6 is 0 Å². The van der Waals surface area contributed by atoms with Crippen LogP contribution in [0.4, 0.5) is 0 Å². The highest BCUT2D eigenvalue weighted by molar-refractivity contribution is 5.49. The Morgan fingerprint density at radius 2 is 1.28 bits per heavy atom. The highest BCUT2D eigenvalue weighted by Gasteiger charge is 2.22. The Kier molecular flexibility index (Phi) is 12.2. The average molecular weight is 404 g/mol. The summed E-state index contributed by atoms with van der Waals surface area (Å²) in [7, 11) is 3.44. The Hall–Kier alpha value is -1.22. The van der Waals surface area contributed by atoms with Gasteiger partial charge in [0.1, 0.15) is 0 Å². The molecule has 0 aliphatic carbocycles. The molecule has 1 aromatic rings. The third-order valence-electron chi connectivity index (χ3n) is 6.40. The third kappa shape index (κ3) is 8.58. The van der Waals surface area contributed by atoms with E-state index >= 15 is 0 Å². The van der Waals surface area contributed by atoms with Crippen LogP contribution in [0.15, 0.2) is 12.1 Å². The van der Waals surface area contributed by atoms with Gasteiger partial charge in [0, 0.05) is 6.04 Å². The van der Waals surface area contributed by atoms with Crippen molar-refractivity contribution in [3.63, 3.8) is 0 Å². The van der Waals surface area contributed by atoms with Gasteiger partial charge in [-0.05, 0) is 42.6 Å². The first-order chi connectivity index (χ1) is 14.3. The summed E-state index contributed by atoms with van der Waals surface area (Å²) in [5, 5.41) is 3.71. The van der Waals surface area contributed by atoms with Crippen molar-refractivity contribution >= 4 is 0 Å². The summed E-state index contributed by atoms with van der Waals surface area (Å²) in [6, 6.07) is 4.82. The minimum Gasteiger partial charge on any atom is -0.493 e. The number of hydrogen-bond donors (Lipinski definition) is 1. The lowest BCUT2D eigenvalue weighted by atomic mass is 9.90. The molecular formula is C26H45NO2. The smallest absolute Gasteiger partial charge is 0.161 e. The van der Waals surface area contributed by atoms with Crippen LogP contribution in [0.1, 0.15) is 114 Å². The standard InChI is InChI=1S/C26H45NO2/c1-4-5-6-7-8-9-10-11-12-13-14-15-16-17-24-23-21-26(29-3)25(28-2)20-22(23)18-19-27-24/h20-21,24,27H,4-19H2,1-3H3. The van der Waals surface area contributed by atoms with Crippen LogP contribution in [0.25, 0.3) is 0 Å². The van der Waals surface area contributed by atoms with E-state index in [0.717, 1.165) is 24.5 Å². The van der Waals surface area contributed by atoms with Crippen LogP contribution in [-0.2, 0) is 6.42 Å². The first-order valence-corrected chi connectivity index (χ1v) is 12.3. The fourth-order valence-corrected chi connectivity index (χ4v) is 4.59. The van der Waals surface area contributed by atoms with Crippen molar-refractivity contribution in [2.75, 3.05) is 20.8 Å². The summed E-state index contributed by atoms with van der Waals surface area (Å²) in [4.78, 5) is 0. The van der Waals surface area contributed by atoms with Crippen molar-refractivity contribution in [2.45, 2.75) is 109 Å². The molecule has 0 radical (unpaired) electrons. The predicted molar refractivity (Wildman–Crippen MR) is 124 cm³/mol. The minimum absolute atomic E-state index is 0.464. The lowest BCUT2D eigenvalue weighted by molar-refractivity contribution is 0.351. The van der Waals surface area contributed by atoms with Crippen molar-refractivity contribution in [1.29, 1.82) is 0 Å². The van der Waals surface area contributed by atoms with Crippen LogP contribution in [0.2, 0.25) is 0 Å². The molecule has 3 nitrogen and oxygen atoms in total. The van der Waals surface area contributed by atoms with E-state index in [-0.39, 0.29) is 0 Å². The predicted octanol–water partition coefficient (Wildman–Crippen LogP) is 7.37. The molecule has 1 unspecified atom stereocenters. The Bertz CT molecular complexity index is 558. The lowest BCUT2D eigenvalue weighted by Crippen LogP contribution is -2.29. The van der Waals surface area contributed by atoms with Gasteiger partial charge in [-0.25, -0.2) is 0 Å². The molecule has 3 heteroatoms. The number of rotatable bonds is 16. The van der Waals surface area contributed by atoms with Gasteiger partial charge in [-0.2, -0.15) is 0 Å². The van der Waals surface area contributed by atoms with Crippen molar-refractivity contribution < 1.29 is 9.47 Å². The van der Waals surface area contributed by atoms with Gasteiger partial charge in [-0.1, -0.05) is 90.4 Å². The molecule has 1 N–H and O–H groups in total. The molecule has 0 fully saturated rings. The van der Waals surface area contributed by atoms with Crippen LogP contribution in [0.5, 0.6) is 11.5 Å². The van der Waals surface area contributed by atoms with E-state index in [9.17, 15) is 0 Å². The number of nitrogens with one attached hydrogen (secondary N) is 1. The molecule has 1 aliphatic rings. The number of ether oxygens (including phenoxy) is 2. The molecule has 0 amide bonds. The maximum Gasteiger partial charge on any atom is 0.161 e. The largest absolute Gasteiger partial charge is 0.493 e. The van der Waals surface area contributed by atoms with E-state index < -0.39 is 0 Å². The van der Waals surface area contributed by atoms with Gasteiger partial charge < -0.3 is 14.8 Å². The molecule has 1 aromatic carbocycles. The van der Waals surface area contributed by atoms with E-state index in [4.69, 9.17) is 9.47 Å². The monoisotopic (exact) mass is 403 g/mol. The Balaban J connectivity index is 1.56. The number of hydrogen-bond acceptors (Lipinski definition) is 3. The molecule has 0 bridgehead atoms. The van der Waals surface area contributed by atoms with E-state index in [1.165, 1.54) is 101 Å². The maximum absolute atomic E-state index is 5.52. The van der Waals surface area contributed by atoms with E-state index in [2.05, 4.69) is 24.4 Å². The number of unbranched alkanes of at least 4 members (excludes halogenated alkanes) is 12. The van der Waals surface area contributed by atoms with Crippen LogP contribution < -0.4 is 14.8 Å². The fourth-order valence-electron chi connectivity index (χ4n) is 4.59. The van der Waals surface area contributed by atoms with Crippen LogP contribution in [0, 0.1) is 0 Å². The molecule has 0 aromatic heterocycles. The molecule has 0 saturated carbocycles. The maximum atomic E-state index is 5.52. The molecular weight excluding hydrogens is 358 g/mol. The lowest BCUT2D eigenvalue weighted by Gasteiger charge is -2.28. The summed E-state index contributed by atoms with van der Waals surface area (Å²) >= 11 is 0. The second-order valence-electron chi connectivity index (χ2n) is 8.69. The zero-order valence-corrected chi connectivity index (χ0v) is 19.4. The normalized spacial score (nSPS) is 15.9. The Morgan fingerprint density at radius 1 is 0.759 bits per heavy atom. The average Bonchev–Trinajstić information content (AvgIpc) is 2.76. The SMILES string of the molecule is CCCCCCCCCCCCCCCC1NCCc2cc(OC)c(OC)cc21. The van der Waals surface area contributed by atoms with Crippen LogP contribution in [0.3, 0.4) is 0 Å². The number of methoxy groups -OCH3 is 2. The Labute approximate surface area is 180 Å². The molecule has 1 aliphatic heterocycles. The van der Waals surface area contributed by atoms with Gasteiger partial charge in [0.25, 0.3) is 0 Å². The second kappa shape index (κ2) is 14.7. The summed E-state index contributed by atoms with van der Waals surface area (Å²) in [6.45, 7) is 3.35. The van der Waals surface area contributed by atoms with Crippen molar-refractivity contribution in [1.82, 2.24) is 5.32 Å². The van der Waals surface area contributed by atoms with Crippen molar-refractivity contribution in [3.05, 3.63) is 23.3 Å². The second-order valence-corrected chi connectivity index (χ2v) is 8.69. The van der Waals surface area contributed by atoms with E-state index in [1.807, 2.05) is 0 Å². The molecule has 0 saturated heterocycles. The van der Waals surface area contributed by atoms with Gasteiger partial charge in [0.15, 0.2) is 11.5 Å². The number of fused-ring (bicyclic) bond motifs is 1. The van der Waals surface area contributed by atoms with E-state index in [1.54, 1.807) is 14.2 Å². The summed E-state index contributed by atoms with van der Waals surface area (Å²) < 4.78 is 11.0. The molecule has 1 heterocycles. The first kappa shape index (κ1) is 24.1. The van der Waals surface area contributed by atoms with Crippen molar-refractivity contribution in [2.24, 2.45) is 0 Å². The van der Waals surface area contributed by atoms with Gasteiger partial charge >= 0.3 is 0 Å². The first-order valence-electron chi connectivity index (χ1n) is 12.3. The van der Waals surface area contributed by atoms with Gasteiger partial charge in [0.2, 0.25) is 0 Å². The summed E-state index contributed by atoms with van der Waals surface area (Å²) in [5.74, 6) is 1.71. The van der Waals surface area contributed by atoms with Crippen molar-refractivity contribution in [3.8, 4) is 11.5 Å². The zero-order chi connectivity index (χ0) is 20.7. The third-order valence-corrected chi connectivity index (χ3v) is 6.40. The van der Waals surface area contributed by atoms with Gasteiger partial charge in [0.05, 0.1) is 14.2 Å². The summed E-state index contributed by atoms with van der Waals surface area (Å²) in [6.07, 6.45) is 20.6. The molecule has 0 spiro atoms. The van der Waals surface area contributed by atoms with Gasteiger partial charge in [-0.3, -0.25) is 0 Å². The highest BCUT2D eigenvalue weighted by atomic mass is 16.5. The highest BCUT2D eigenvalue weighted by Crippen LogP contribution is 2.36. The Morgan fingerprint density at radius 3 is 1.83 bits per heavy atom. The molecule has 2 rings (SSSR count). The van der Waals surface area contributed by atoms with Crippen LogP contribution in [-0.4, -0.2) is 20.8 Å². The molecule has 166 valence electrons. The van der Waals surface area contributed by atoms with Gasteiger partial charge in [-0.15, -0.1) is 0 Å². The fraction of sp³-hybridized carbons (Fsp3) is 0.769. The molecule has 1 atom stereocenters. The van der Waals surface area contributed by atoms with E-state index in [0.29, 0.717) is 6.04 Å². The zero-order valence-electron chi connectivity index (χ0n) is 19.4. The molecule has 29 heavy (non-hydrogen) atoms. The number of benzene rings is 1. The topological polar surface area (TPSA) is 30.5 Å². The minimum atomic E-state index is 0.464. The summed E-state index contributed by atoms with van der Waals surface area (Å²) in [5.41, 5.74) is 2.83. The quantitative estimate of drug-likeness (QED) is 0.292.